The zero-order valence-electron chi connectivity index (χ0n) is 8.03. The fourth-order valence-corrected chi connectivity index (χ4v) is 1.05. The van der Waals surface area contributed by atoms with E-state index < -0.39 is 0 Å². The van der Waals surface area contributed by atoms with Crippen LogP contribution in [0.5, 0.6) is 0 Å². The van der Waals surface area contributed by atoms with Gasteiger partial charge in [0.1, 0.15) is 0 Å². The number of rotatable bonds is 2. The van der Waals surface area contributed by atoms with E-state index in [4.69, 9.17) is 0 Å². The van der Waals surface area contributed by atoms with Crippen molar-refractivity contribution in [3.63, 3.8) is 0 Å². The maximum Gasteiger partial charge on any atom is 2.00 e. The first-order valence-corrected chi connectivity index (χ1v) is 4.34. The predicted molar refractivity (Wildman–Crippen MR) is 55.1 cm³/mol. The quantitative estimate of drug-likeness (QED) is 0.697. The molecule has 0 heterocycles. The van der Waals surface area contributed by atoms with E-state index in [1.807, 2.05) is 36.9 Å². The van der Waals surface area contributed by atoms with Crippen LogP contribution in [-0.4, -0.2) is 12.6 Å². The van der Waals surface area contributed by atoms with Crippen LogP contribution in [0.15, 0.2) is 47.6 Å². The predicted octanol–water partition coefficient (Wildman–Crippen LogP) is 1.96. The van der Waals surface area contributed by atoms with Crippen molar-refractivity contribution in [3.05, 3.63) is 47.6 Å². The molecule has 0 aromatic heterocycles. The Hall–Kier alpha value is -1.19. The molecule has 0 saturated carbocycles. The van der Waals surface area contributed by atoms with Crippen LogP contribution < -0.4 is 0 Å². The summed E-state index contributed by atoms with van der Waals surface area (Å²) in [5.74, 6) is 0. The molecule has 0 saturated heterocycles. The molecule has 3 heteroatoms. The minimum atomic E-state index is 0. The summed E-state index contributed by atoms with van der Waals surface area (Å²) in [5.41, 5.74) is 1.50. The molecule has 0 aromatic rings. The molecular formula is C12H10CoO2. The zero-order chi connectivity index (χ0) is 10.2. The third kappa shape index (κ3) is 5.29. The molecule has 0 atom stereocenters. The molecular weight excluding hydrogens is 235 g/mol. The van der Waals surface area contributed by atoms with E-state index in [-0.39, 0.29) is 16.8 Å². The Bertz CT molecular complexity index is 302. The molecule has 79 valence electrons. The van der Waals surface area contributed by atoms with Gasteiger partial charge in [0, 0.05) is 0 Å². The number of hydrogen-bond donors (Lipinski definition) is 0. The van der Waals surface area contributed by atoms with E-state index in [9.17, 15) is 9.59 Å². The molecule has 2 aliphatic rings. The number of carbonyl (C=O) groups excluding carboxylic acids is 2. The molecule has 2 rings (SSSR count). The molecule has 15 heavy (non-hydrogen) atoms. The summed E-state index contributed by atoms with van der Waals surface area (Å²) in [6, 6.07) is 0. The van der Waals surface area contributed by atoms with Gasteiger partial charge in [-0.3, -0.25) is 0 Å². The Morgan fingerprint density at radius 2 is 1.27 bits per heavy atom. The van der Waals surface area contributed by atoms with Crippen molar-refractivity contribution in [1.82, 2.24) is 0 Å². The second-order valence-corrected chi connectivity index (χ2v) is 2.85. The maximum absolute atomic E-state index is 9.77. The Labute approximate surface area is 99.6 Å². The third-order valence-electron chi connectivity index (χ3n) is 1.80. The molecule has 2 nitrogen and oxygen atoms in total. The van der Waals surface area contributed by atoms with Crippen LogP contribution in [0.2, 0.25) is 0 Å². The fourth-order valence-electron chi connectivity index (χ4n) is 1.05. The van der Waals surface area contributed by atoms with Gasteiger partial charge in [0.05, 0.1) is 0 Å². The molecule has 0 aromatic carbocycles. The van der Waals surface area contributed by atoms with Crippen molar-refractivity contribution >= 4 is 12.6 Å². The van der Waals surface area contributed by atoms with Crippen LogP contribution in [0.1, 0.15) is 12.8 Å². The van der Waals surface area contributed by atoms with E-state index in [2.05, 4.69) is 0 Å². The van der Waals surface area contributed by atoms with E-state index >= 15 is 0 Å². The number of hydrogen-bond acceptors (Lipinski definition) is 2. The Kier molecular flexibility index (Phi) is 7.49. The summed E-state index contributed by atoms with van der Waals surface area (Å²) in [6.07, 6.45) is 16.3. The van der Waals surface area contributed by atoms with Gasteiger partial charge in [-0.05, 0) is 25.4 Å². The summed E-state index contributed by atoms with van der Waals surface area (Å²) in [5, 5.41) is 0. The van der Waals surface area contributed by atoms with Gasteiger partial charge in [-0.2, -0.15) is 11.1 Å². The second kappa shape index (κ2) is 8.14. The average molecular weight is 245 g/mol. The normalized spacial score (nSPS) is 15.7. The van der Waals surface area contributed by atoms with Crippen molar-refractivity contribution in [2.45, 2.75) is 12.8 Å². The molecule has 0 unspecified atom stereocenters. The van der Waals surface area contributed by atoms with Crippen LogP contribution >= 0.6 is 0 Å². The van der Waals surface area contributed by atoms with Gasteiger partial charge in [-0.15, -0.1) is 24.3 Å². The summed E-state index contributed by atoms with van der Waals surface area (Å²) >= 11 is 0. The molecule has 0 bridgehead atoms. The van der Waals surface area contributed by atoms with Gasteiger partial charge in [0.25, 0.3) is 0 Å². The first kappa shape index (κ1) is 13.8. The van der Waals surface area contributed by atoms with E-state index in [0.717, 1.165) is 24.0 Å². The van der Waals surface area contributed by atoms with Gasteiger partial charge >= 0.3 is 16.8 Å². The molecule has 0 amide bonds. The summed E-state index contributed by atoms with van der Waals surface area (Å²) in [7, 11) is 0. The fraction of sp³-hybridized carbons (Fsp3) is 0.167. The SMILES string of the molecule is O=[C-]C1=CC=CC1.O=[C-]C1=CC=CC1.[Co+2]. The van der Waals surface area contributed by atoms with Crippen molar-refractivity contribution in [1.29, 1.82) is 0 Å². The molecule has 2 aliphatic carbocycles. The van der Waals surface area contributed by atoms with E-state index in [1.165, 1.54) is 0 Å². The van der Waals surface area contributed by atoms with Crippen molar-refractivity contribution in [2.75, 3.05) is 0 Å². The van der Waals surface area contributed by atoms with Gasteiger partial charge in [-0.1, -0.05) is 0 Å². The van der Waals surface area contributed by atoms with Crippen molar-refractivity contribution in [2.24, 2.45) is 0 Å². The van der Waals surface area contributed by atoms with Crippen molar-refractivity contribution in [3.8, 4) is 0 Å². The monoisotopic (exact) mass is 245 g/mol. The maximum atomic E-state index is 9.77. The summed E-state index contributed by atoms with van der Waals surface area (Å²) in [4.78, 5) is 19.5. The minimum Gasteiger partial charge on any atom is -0.419 e. The Morgan fingerprint density at radius 1 is 0.867 bits per heavy atom. The van der Waals surface area contributed by atoms with Crippen LogP contribution in [0.4, 0.5) is 0 Å². The topological polar surface area (TPSA) is 34.1 Å². The largest absolute Gasteiger partial charge is 2.00 e. The van der Waals surface area contributed by atoms with Crippen LogP contribution in [0.3, 0.4) is 0 Å². The minimum absolute atomic E-state index is 0. The zero-order valence-corrected chi connectivity index (χ0v) is 9.07. The van der Waals surface area contributed by atoms with Crippen molar-refractivity contribution < 1.29 is 26.4 Å². The van der Waals surface area contributed by atoms with Crippen LogP contribution in [-0.2, 0) is 26.4 Å². The second-order valence-electron chi connectivity index (χ2n) is 2.85. The van der Waals surface area contributed by atoms with Crippen LogP contribution in [0, 0.1) is 0 Å². The van der Waals surface area contributed by atoms with E-state index in [0.29, 0.717) is 0 Å². The molecule has 0 aliphatic heterocycles. The standard InChI is InChI=1S/2C6H5O.Co/c2*7-5-6-3-1-2-4-6;/h2*1-3H,4H2;/q2*-1;+2. The first-order chi connectivity index (χ1) is 6.86. The molecule has 1 radical (unpaired) electrons. The Balaban J connectivity index is 0.000000245. The molecule has 0 fully saturated rings. The molecule has 0 spiro atoms. The number of allylic oxidation sites excluding steroid dienone is 8. The summed E-state index contributed by atoms with van der Waals surface area (Å²) < 4.78 is 0. The third-order valence-corrected chi connectivity index (χ3v) is 1.80. The van der Waals surface area contributed by atoms with Gasteiger partial charge in [-0.25, -0.2) is 12.2 Å². The van der Waals surface area contributed by atoms with Crippen LogP contribution in [0.25, 0.3) is 0 Å². The Morgan fingerprint density at radius 3 is 1.40 bits per heavy atom. The molecule has 0 N–H and O–H groups in total. The average Bonchev–Trinajstić information content (AvgIpc) is 2.92. The van der Waals surface area contributed by atoms with Gasteiger partial charge in [0.2, 0.25) is 0 Å². The smallest absolute Gasteiger partial charge is 0.419 e. The van der Waals surface area contributed by atoms with E-state index in [1.54, 1.807) is 12.2 Å². The first-order valence-electron chi connectivity index (χ1n) is 4.34. The van der Waals surface area contributed by atoms with Gasteiger partial charge in [0.15, 0.2) is 0 Å². The van der Waals surface area contributed by atoms with Gasteiger partial charge < -0.3 is 9.59 Å². The summed E-state index contributed by atoms with van der Waals surface area (Å²) in [6.45, 7) is 0.